The van der Waals surface area contributed by atoms with Gasteiger partial charge in [-0.3, -0.25) is 0 Å². The van der Waals surface area contributed by atoms with Crippen molar-refractivity contribution >= 4 is 45.4 Å². The molecular formula is C19H20BrN5S. The summed E-state index contributed by atoms with van der Waals surface area (Å²) in [7, 11) is 0. The first-order chi connectivity index (χ1) is 12.5. The first-order valence-electron chi connectivity index (χ1n) is 8.33. The van der Waals surface area contributed by atoms with Gasteiger partial charge in [0.1, 0.15) is 16.7 Å². The van der Waals surface area contributed by atoms with Crippen LogP contribution in [-0.2, 0) is 0 Å². The molecule has 0 aliphatic carbocycles. The summed E-state index contributed by atoms with van der Waals surface area (Å²) in [6.45, 7) is 4.18. The Morgan fingerprint density at radius 3 is 2.35 bits per heavy atom. The summed E-state index contributed by atoms with van der Waals surface area (Å²) in [5.41, 5.74) is 18.2. The molecule has 0 amide bonds. The second kappa shape index (κ2) is 6.74. The maximum absolute atomic E-state index is 6.71. The zero-order valence-electron chi connectivity index (χ0n) is 14.6. The summed E-state index contributed by atoms with van der Waals surface area (Å²) in [6.07, 6.45) is 1.47. The van der Waals surface area contributed by atoms with Crippen molar-refractivity contribution in [1.82, 2.24) is 0 Å². The summed E-state index contributed by atoms with van der Waals surface area (Å²) >= 11 is 5.02. The van der Waals surface area contributed by atoms with Crippen LogP contribution in [0.3, 0.4) is 0 Å². The molecule has 2 heterocycles. The van der Waals surface area contributed by atoms with Crippen molar-refractivity contribution in [3.05, 3.63) is 68.8 Å². The van der Waals surface area contributed by atoms with Crippen molar-refractivity contribution in [2.24, 2.45) is 16.5 Å². The highest BCUT2D eigenvalue weighted by atomic mass is 79.9. The summed E-state index contributed by atoms with van der Waals surface area (Å²) in [5.74, 6) is 0. The molecule has 4 N–H and O–H groups in total. The largest absolute Gasteiger partial charge is 0.314 e. The number of aliphatic imine (C=N–C) groups is 1. The van der Waals surface area contributed by atoms with E-state index in [2.05, 4.69) is 57.9 Å². The number of para-hydroxylation sites is 1. The van der Waals surface area contributed by atoms with E-state index in [4.69, 9.17) is 11.5 Å². The van der Waals surface area contributed by atoms with E-state index in [1.54, 1.807) is 0 Å². The molecule has 0 saturated heterocycles. The minimum Gasteiger partial charge on any atom is -0.314 e. The Morgan fingerprint density at radius 1 is 1.04 bits per heavy atom. The van der Waals surface area contributed by atoms with Crippen LogP contribution in [0, 0.1) is 13.8 Å². The number of hydrogen-bond acceptors (Lipinski definition) is 6. The van der Waals surface area contributed by atoms with Crippen LogP contribution in [0.2, 0.25) is 0 Å². The molecule has 2 aromatic carbocycles. The molecule has 2 aromatic rings. The van der Waals surface area contributed by atoms with Crippen LogP contribution in [0.25, 0.3) is 0 Å². The summed E-state index contributed by atoms with van der Waals surface area (Å²) in [6, 6.07) is 14.3. The van der Waals surface area contributed by atoms with E-state index in [9.17, 15) is 0 Å². The molecule has 2 aliphatic heterocycles. The number of nitrogens with zero attached hydrogens (tertiary/aromatic N) is 3. The maximum Gasteiger partial charge on any atom is 0.136 e. The van der Waals surface area contributed by atoms with Gasteiger partial charge in [0, 0.05) is 15.8 Å². The maximum atomic E-state index is 6.71. The van der Waals surface area contributed by atoms with Crippen LogP contribution in [0.1, 0.15) is 11.1 Å². The Bertz CT molecular complexity index is 888. The highest BCUT2D eigenvalue weighted by Gasteiger charge is 2.39. The first kappa shape index (κ1) is 17.6. The normalized spacial score (nSPS) is 22.2. The Labute approximate surface area is 165 Å². The Kier molecular flexibility index (Phi) is 4.56. The number of halogens is 1. The number of benzene rings is 2. The van der Waals surface area contributed by atoms with E-state index >= 15 is 0 Å². The molecular weight excluding hydrogens is 410 g/mol. The molecule has 0 radical (unpaired) electrons. The highest BCUT2D eigenvalue weighted by molar-refractivity contribution is 9.10. The molecule has 0 saturated carbocycles. The van der Waals surface area contributed by atoms with E-state index in [0.717, 1.165) is 26.6 Å². The van der Waals surface area contributed by atoms with Crippen molar-refractivity contribution in [3.8, 4) is 0 Å². The molecule has 0 fully saturated rings. The third-order valence-corrected chi connectivity index (χ3v) is 6.17. The van der Waals surface area contributed by atoms with E-state index in [1.165, 1.54) is 22.9 Å². The van der Waals surface area contributed by atoms with Crippen molar-refractivity contribution in [2.75, 3.05) is 9.80 Å². The van der Waals surface area contributed by atoms with Gasteiger partial charge in [0.05, 0.1) is 12.0 Å². The Balaban J connectivity index is 1.76. The molecule has 2 atom stereocenters. The van der Waals surface area contributed by atoms with E-state index in [1.807, 2.05) is 35.5 Å². The third kappa shape index (κ3) is 2.85. The van der Waals surface area contributed by atoms with E-state index in [-0.39, 0.29) is 11.7 Å². The molecule has 134 valence electrons. The number of thioether (sulfide) groups is 1. The van der Waals surface area contributed by atoms with Crippen molar-refractivity contribution in [1.29, 1.82) is 0 Å². The highest BCUT2D eigenvalue weighted by Crippen LogP contribution is 2.44. The molecule has 0 spiro atoms. The predicted molar refractivity (Wildman–Crippen MR) is 114 cm³/mol. The van der Waals surface area contributed by atoms with E-state index < -0.39 is 0 Å². The minimum atomic E-state index is -0.355. The van der Waals surface area contributed by atoms with E-state index in [0.29, 0.717) is 0 Å². The SMILES string of the molecule is Cc1cccc(C)c1N1C=NC2=C(C1N)N(c1ccc(Br)cc1)C(N)S2. The van der Waals surface area contributed by atoms with Gasteiger partial charge in [-0.15, -0.1) is 0 Å². The number of aryl methyl sites for hydroxylation is 2. The summed E-state index contributed by atoms with van der Waals surface area (Å²) in [4.78, 5) is 8.77. The first-order valence-corrected chi connectivity index (χ1v) is 10.00. The Hall–Kier alpha value is -1.80. The topological polar surface area (TPSA) is 70.9 Å². The van der Waals surface area contributed by atoms with Gasteiger partial charge in [-0.25, -0.2) is 4.99 Å². The average Bonchev–Trinajstić information content (AvgIpc) is 2.94. The van der Waals surface area contributed by atoms with Gasteiger partial charge in [0.15, 0.2) is 0 Å². The molecule has 4 rings (SSSR count). The zero-order valence-corrected chi connectivity index (χ0v) is 17.0. The van der Waals surface area contributed by atoms with Crippen LogP contribution in [0.4, 0.5) is 11.4 Å². The van der Waals surface area contributed by atoms with Gasteiger partial charge in [-0.1, -0.05) is 45.9 Å². The third-order valence-electron chi connectivity index (χ3n) is 4.65. The van der Waals surface area contributed by atoms with Gasteiger partial charge in [-0.05, 0) is 49.2 Å². The Morgan fingerprint density at radius 2 is 1.69 bits per heavy atom. The fraction of sp³-hybridized carbons (Fsp3) is 0.211. The van der Waals surface area contributed by atoms with Gasteiger partial charge in [0.2, 0.25) is 0 Å². The lowest BCUT2D eigenvalue weighted by molar-refractivity contribution is 0.721. The number of nitrogens with two attached hydrogens (primary N) is 2. The van der Waals surface area contributed by atoms with Crippen LogP contribution >= 0.6 is 27.7 Å². The van der Waals surface area contributed by atoms with Crippen LogP contribution < -0.4 is 21.3 Å². The van der Waals surface area contributed by atoms with Crippen LogP contribution in [0.5, 0.6) is 0 Å². The molecule has 2 unspecified atom stereocenters. The number of rotatable bonds is 2. The monoisotopic (exact) mass is 429 g/mol. The standard InChI is InChI=1S/C19H20BrN5S/c1-11-4-3-5-12(2)15(11)24-10-23-18-16(17(24)21)25(19(22)26-18)14-8-6-13(20)7-9-14/h3-10,17,19H,21-22H2,1-2H3. The van der Waals surface area contributed by atoms with Crippen molar-refractivity contribution in [3.63, 3.8) is 0 Å². The molecule has 26 heavy (non-hydrogen) atoms. The lowest BCUT2D eigenvalue weighted by atomic mass is 10.1. The van der Waals surface area contributed by atoms with Gasteiger partial charge < -0.3 is 21.3 Å². The van der Waals surface area contributed by atoms with Crippen LogP contribution in [0.15, 0.2) is 62.7 Å². The quantitative estimate of drug-likeness (QED) is 0.757. The van der Waals surface area contributed by atoms with Gasteiger partial charge in [-0.2, -0.15) is 0 Å². The number of anilines is 2. The molecule has 7 heteroatoms. The smallest absolute Gasteiger partial charge is 0.136 e. The summed E-state index contributed by atoms with van der Waals surface area (Å²) < 4.78 is 1.03. The van der Waals surface area contributed by atoms with Crippen molar-refractivity contribution < 1.29 is 0 Å². The molecule has 0 bridgehead atoms. The zero-order chi connectivity index (χ0) is 18.4. The fourth-order valence-electron chi connectivity index (χ4n) is 3.45. The van der Waals surface area contributed by atoms with Crippen LogP contribution in [-0.4, -0.2) is 18.0 Å². The van der Waals surface area contributed by atoms with Gasteiger partial charge in [0.25, 0.3) is 0 Å². The lowest BCUT2D eigenvalue weighted by Crippen LogP contribution is -2.51. The lowest BCUT2D eigenvalue weighted by Gasteiger charge is -2.36. The molecule has 2 aliphatic rings. The van der Waals surface area contributed by atoms with Gasteiger partial charge >= 0.3 is 0 Å². The summed E-state index contributed by atoms with van der Waals surface area (Å²) in [5, 5.41) is 0.885. The molecule has 0 aromatic heterocycles. The minimum absolute atomic E-state index is 0.248. The fourth-order valence-corrected chi connectivity index (χ4v) is 4.73. The average molecular weight is 430 g/mol. The predicted octanol–water partition coefficient (Wildman–Crippen LogP) is 3.86. The second-order valence-electron chi connectivity index (χ2n) is 6.38. The molecule has 5 nitrogen and oxygen atoms in total. The second-order valence-corrected chi connectivity index (χ2v) is 8.40. The van der Waals surface area contributed by atoms with Crippen molar-refractivity contribution in [2.45, 2.75) is 25.5 Å². The number of hydrogen-bond donors (Lipinski definition) is 2.